The van der Waals surface area contributed by atoms with E-state index in [2.05, 4.69) is 16.5 Å². The molecule has 0 spiro atoms. The third-order valence-electron chi connectivity index (χ3n) is 5.55. The van der Waals surface area contributed by atoms with Crippen LogP contribution in [-0.2, 0) is 18.9 Å². The third kappa shape index (κ3) is 5.79. The first-order valence-corrected chi connectivity index (χ1v) is 11.6. The quantitative estimate of drug-likeness (QED) is 0.374. The Morgan fingerprint density at radius 3 is 2.62 bits per heavy atom. The second-order valence-corrected chi connectivity index (χ2v) is 8.76. The molecule has 8 nitrogen and oxygen atoms in total. The number of nitriles is 1. The number of rotatable bonds is 9. The van der Waals surface area contributed by atoms with Crippen LogP contribution in [0.2, 0.25) is 5.02 Å². The molecule has 3 rings (SSSR count). The first kappa shape index (κ1) is 27.8. The third-order valence-corrected chi connectivity index (χ3v) is 5.77. The Balaban J connectivity index is 2.20. The van der Waals surface area contributed by atoms with Crippen LogP contribution < -0.4 is 15.0 Å². The Bertz CT molecular complexity index is 1450. The van der Waals surface area contributed by atoms with Gasteiger partial charge in [0.2, 0.25) is 11.6 Å². The average Bonchev–Trinajstić information content (AvgIpc) is 2.85. The standard InChI is InChI=1S/C26H25ClF2N4O4/c1-6-21-17(9-20(15(4)34)24(32-21)36-5)12-33-13-31-23(26(28,29)14(2)3)22(25(33)35)37-19-8-16(11-30)7-18(27)10-19/h7-10,13,15,34H,2,6,12H2,1,3-5H3. The maximum atomic E-state index is 15.0. The number of aliphatic hydroxyl groups excluding tert-OH is 1. The van der Waals surface area contributed by atoms with Crippen molar-refractivity contribution in [2.45, 2.75) is 45.8 Å². The van der Waals surface area contributed by atoms with Gasteiger partial charge in [-0.25, -0.2) is 9.97 Å². The Labute approximate surface area is 217 Å². The zero-order valence-corrected chi connectivity index (χ0v) is 21.4. The summed E-state index contributed by atoms with van der Waals surface area (Å²) in [5, 5.41) is 19.5. The van der Waals surface area contributed by atoms with E-state index in [4.69, 9.17) is 21.1 Å². The van der Waals surface area contributed by atoms with Crippen LogP contribution >= 0.6 is 11.6 Å². The van der Waals surface area contributed by atoms with Gasteiger partial charge < -0.3 is 14.6 Å². The molecule has 0 bridgehead atoms. The Morgan fingerprint density at radius 2 is 2.05 bits per heavy atom. The molecular formula is C26H25ClF2N4O4. The van der Waals surface area contributed by atoms with Gasteiger partial charge in [-0.2, -0.15) is 14.0 Å². The van der Waals surface area contributed by atoms with Crippen LogP contribution in [0.3, 0.4) is 0 Å². The van der Waals surface area contributed by atoms with Crippen molar-refractivity contribution in [2.75, 3.05) is 7.11 Å². The lowest BCUT2D eigenvalue weighted by atomic mass is 10.0. The van der Waals surface area contributed by atoms with E-state index in [-0.39, 0.29) is 28.8 Å². The van der Waals surface area contributed by atoms with Gasteiger partial charge in [0, 0.05) is 16.3 Å². The summed E-state index contributed by atoms with van der Waals surface area (Å²) < 4.78 is 42.0. The van der Waals surface area contributed by atoms with Crippen LogP contribution in [0.25, 0.3) is 0 Å². The topological polar surface area (TPSA) is 110 Å². The highest BCUT2D eigenvalue weighted by molar-refractivity contribution is 6.30. The molecule has 194 valence electrons. The number of aliphatic hydroxyl groups is 1. The van der Waals surface area contributed by atoms with Crippen LogP contribution in [0.1, 0.15) is 55.0 Å². The molecule has 0 aliphatic rings. The largest absolute Gasteiger partial charge is 0.481 e. The molecular weight excluding hydrogens is 506 g/mol. The minimum atomic E-state index is -3.68. The second kappa shape index (κ2) is 11.1. The molecule has 0 fully saturated rings. The maximum Gasteiger partial charge on any atom is 0.314 e. The van der Waals surface area contributed by atoms with Gasteiger partial charge in [0.25, 0.3) is 5.56 Å². The maximum absolute atomic E-state index is 15.0. The number of alkyl halides is 2. The van der Waals surface area contributed by atoms with Crippen molar-refractivity contribution in [3.63, 3.8) is 0 Å². The van der Waals surface area contributed by atoms with E-state index in [9.17, 15) is 15.2 Å². The molecule has 2 heterocycles. The summed E-state index contributed by atoms with van der Waals surface area (Å²) in [4.78, 5) is 21.8. The predicted octanol–water partition coefficient (Wildman–Crippen LogP) is 5.30. The van der Waals surface area contributed by atoms with Gasteiger partial charge in [-0.3, -0.25) is 9.36 Å². The van der Waals surface area contributed by atoms with Crippen molar-refractivity contribution in [2.24, 2.45) is 0 Å². The molecule has 11 heteroatoms. The number of ether oxygens (including phenoxy) is 2. The second-order valence-electron chi connectivity index (χ2n) is 8.32. The number of allylic oxidation sites excluding steroid dienone is 1. The number of aromatic nitrogens is 3. The number of pyridine rings is 1. The van der Waals surface area contributed by atoms with Crippen molar-refractivity contribution in [3.05, 3.63) is 86.2 Å². The molecule has 0 radical (unpaired) electrons. The number of benzene rings is 1. The summed E-state index contributed by atoms with van der Waals surface area (Å²) >= 11 is 6.02. The molecule has 3 aromatic rings. The Hall–Kier alpha value is -3.81. The minimum absolute atomic E-state index is 0.0868. The zero-order chi connectivity index (χ0) is 27.5. The van der Waals surface area contributed by atoms with Crippen molar-refractivity contribution in [1.82, 2.24) is 14.5 Å². The SMILES string of the molecule is C=C(C)C(F)(F)c1ncn(Cc2cc(C(C)O)c(OC)nc2CC)c(=O)c1Oc1cc(Cl)cc(C#N)c1. The van der Waals surface area contributed by atoms with Crippen LogP contribution in [0, 0.1) is 11.3 Å². The molecule has 0 saturated carbocycles. The van der Waals surface area contributed by atoms with E-state index in [0.29, 0.717) is 23.2 Å². The highest BCUT2D eigenvalue weighted by Gasteiger charge is 2.39. The highest BCUT2D eigenvalue weighted by atomic mass is 35.5. The lowest BCUT2D eigenvalue weighted by molar-refractivity contribution is 0.0309. The number of hydrogen-bond acceptors (Lipinski definition) is 7. The molecule has 0 saturated heterocycles. The number of halogens is 3. The van der Waals surface area contributed by atoms with E-state index in [1.54, 1.807) is 13.0 Å². The highest BCUT2D eigenvalue weighted by Crippen LogP contribution is 2.39. The van der Waals surface area contributed by atoms with Gasteiger partial charge in [-0.15, -0.1) is 0 Å². The molecule has 37 heavy (non-hydrogen) atoms. The Kier molecular flexibility index (Phi) is 8.31. The molecule has 1 unspecified atom stereocenters. The fourth-order valence-electron chi connectivity index (χ4n) is 3.59. The summed E-state index contributed by atoms with van der Waals surface area (Å²) in [5.74, 6) is -4.26. The molecule has 2 aromatic heterocycles. The monoisotopic (exact) mass is 530 g/mol. The van der Waals surface area contributed by atoms with E-state index in [1.165, 1.54) is 25.3 Å². The van der Waals surface area contributed by atoms with Gasteiger partial charge in [0.15, 0.2) is 5.69 Å². The number of nitrogens with zero attached hydrogens (tertiary/aromatic N) is 4. The first-order valence-electron chi connectivity index (χ1n) is 11.2. The lowest BCUT2D eigenvalue weighted by Crippen LogP contribution is -2.29. The van der Waals surface area contributed by atoms with E-state index in [1.807, 2.05) is 13.0 Å². The van der Waals surface area contributed by atoms with Crippen LogP contribution in [0.5, 0.6) is 17.4 Å². The van der Waals surface area contributed by atoms with E-state index >= 15 is 8.78 Å². The predicted molar refractivity (Wildman–Crippen MR) is 133 cm³/mol. The molecule has 1 atom stereocenters. The summed E-state index contributed by atoms with van der Waals surface area (Å²) in [7, 11) is 1.43. The summed E-state index contributed by atoms with van der Waals surface area (Å²) in [6, 6.07) is 7.46. The van der Waals surface area contributed by atoms with Gasteiger partial charge >= 0.3 is 5.92 Å². The normalized spacial score (nSPS) is 12.1. The Morgan fingerprint density at radius 1 is 1.35 bits per heavy atom. The summed E-state index contributed by atoms with van der Waals surface area (Å²) in [6.07, 6.45) is 0.559. The molecule has 1 N–H and O–H groups in total. The lowest BCUT2D eigenvalue weighted by Gasteiger charge is -2.20. The molecule has 1 aromatic carbocycles. The van der Waals surface area contributed by atoms with Crippen molar-refractivity contribution < 1.29 is 23.4 Å². The van der Waals surface area contributed by atoms with Crippen LogP contribution in [-0.4, -0.2) is 26.8 Å². The van der Waals surface area contributed by atoms with Crippen LogP contribution in [0.15, 0.2) is 47.5 Å². The smallest absolute Gasteiger partial charge is 0.314 e. The van der Waals surface area contributed by atoms with Crippen LogP contribution in [0.4, 0.5) is 8.78 Å². The molecule has 0 aliphatic heterocycles. The van der Waals surface area contributed by atoms with Crippen molar-refractivity contribution >= 4 is 11.6 Å². The minimum Gasteiger partial charge on any atom is -0.481 e. The fraction of sp³-hybridized carbons (Fsp3) is 0.308. The van der Waals surface area contributed by atoms with Gasteiger partial charge in [-0.1, -0.05) is 25.1 Å². The summed E-state index contributed by atoms with van der Waals surface area (Å²) in [6.45, 7) is 7.73. The summed E-state index contributed by atoms with van der Waals surface area (Å²) in [5.41, 5.74) is -0.708. The number of hydrogen-bond donors (Lipinski definition) is 1. The number of aryl methyl sites for hydroxylation is 1. The number of methoxy groups -OCH3 is 1. The molecule has 0 aliphatic carbocycles. The fourth-order valence-corrected chi connectivity index (χ4v) is 3.81. The van der Waals surface area contributed by atoms with E-state index < -0.39 is 34.6 Å². The zero-order valence-electron chi connectivity index (χ0n) is 20.7. The van der Waals surface area contributed by atoms with Gasteiger partial charge in [-0.05, 0) is 55.7 Å². The molecule has 0 amide bonds. The van der Waals surface area contributed by atoms with Gasteiger partial charge in [0.1, 0.15) is 5.75 Å². The average molecular weight is 531 g/mol. The first-order chi connectivity index (χ1) is 17.4. The van der Waals surface area contributed by atoms with Crippen molar-refractivity contribution in [3.8, 4) is 23.4 Å². The van der Waals surface area contributed by atoms with E-state index in [0.717, 1.165) is 17.8 Å². The van der Waals surface area contributed by atoms with Crippen molar-refractivity contribution in [1.29, 1.82) is 5.26 Å². The van der Waals surface area contributed by atoms with Gasteiger partial charge in [0.05, 0.1) is 37.7 Å².